The molecule has 2 aromatic heterocycles. The molecular formula is C26H22F3N3+2. The zero-order chi connectivity index (χ0) is 22.6. The van der Waals surface area contributed by atoms with Crippen molar-refractivity contribution in [2.45, 2.75) is 20.0 Å². The number of alkyl halides is 3. The fraction of sp³-hybridized carbons (Fsp3) is 0.154. The van der Waals surface area contributed by atoms with E-state index in [0.717, 1.165) is 32.9 Å². The van der Waals surface area contributed by atoms with Crippen LogP contribution in [0.25, 0.3) is 33.1 Å². The van der Waals surface area contributed by atoms with Gasteiger partial charge in [0.15, 0.2) is 18.9 Å². The standard InChI is InChI=1S/C26H22F3N3/c1-17-12-19-8-4-5-9-20(19)16-31(17)24-13-22(26(27,28)29)14-25(18(24)2)32-23-11-7-6-10-21(23)15-30(32)3/h4-16H,1-3H3/q+2. The van der Waals surface area contributed by atoms with Gasteiger partial charge in [-0.3, -0.25) is 0 Å². The molecule has 5 aromatic rings. The summed E-state index contributed by atoms with van der Waals surface area (Å²) in [5.41, 5.74) is 2.81. The number of rotatable bonds is 2. The highest BCUT2D eigenvalue weighted by molar-refractivity contribution is 5.81. The van der Waals surface area contributed by atoms with Crippen molar-refractivity contribution in [3.63, 3.8) is 0 Å². The average molecular weight is 433 g/mol. The molecule has 0 saturated heterocycles. The van der Waals surface area contributed by atoms with Gasteiger partial charge in [0.2, 0.25) is 11.9 Å². The van der Waals surface area contributed by atoms with Crippen LogP contribution in [-0.4, -0.2) is 4.68 Å². The van der Waals surface area contributed by atoms with Gasteiger partial charge in [-0.15, -0.1) is 9.36 Å². The van der Waals surface area contributed by atoms with Crippen molar-refractivity contribution in [3.05, 3.63) is 95.9 Å². The summed E-state index contributed by atoms with van der Waals surface area (Å²) >= 11 is 0. The highest BCUT2D eigenvalue weighted by atomic mass is 19.4. The first-order valence-corrected chi connectivity index (χ1v) is 10.3. The van der Waals surface area contributed by atoms with Gasteiger partial charge in [-0.05, 0) is 36.6 Å². The third-order valence-corrected chi connectivity index (χ3v) is 5.98. The lowest BCUT2D eigenvalue weighted by Crippen LogP contribution is -2.39. The number of aryl methyl sites for hydroxylation is 2. The summed E-state index contributed by atoms with van der Waals surface area (Å²) in [4.78, 5) is 0. The minimum absolute atomic E-state index is 0.499. The van der Waals surface area contributed by atoms with Crippen molar-refractivity contribution in [3.8, 4) is 11.4 Å². The van der Waals surface area contributed by atoms with Crippen LogP contribution in [0.1, 0.15) is 16.8 Å². The molecule has 0 atom stereocenters. The molecule has 0 aliphatic rings. The van der Waals surface area contributed by atoms with Gasteiger partial charge in [0, 0.05) is 24.4 Å². The van der Waals surface area contributed by atoms with Gasteiger partial charge < -0.3 is 0 Å². The van der Waals surface area contributed by atoms with Crippen molar-refractivity contribution >= 4 is 21.7 Å². The first-order chi connectivity index (χ1) is 15.2. The van der Waals surface area contributed by atoms with E-state index < -0.39 is 11.7 Å². The van der Waals surface area contributed by atoms with Crippen molar-refractivity contribution in [2.75, 3.05) is 0 Å². The summed E-state index contributed by atoms with van der Waals surface area (Å²) in [6.07, 6.45) is -0.641. The Hall–Kier alpha value is -3.67. The predicted octanol–water partition coefficient (Wildman–Crippen LogP) is 5.52. The van der Waals surface area contributed by atoms with E-state index in [9.17, 15) is 13.2 Å². The molecule has 0 unspecified atom stereocenters. The molecule has 2 heterocycles. The molecule has 0 aliphatic carbocycles. The number of pyridine rings is 1. The number of fused-ring (bicyclic) bond motifs is 2. The molecule has 0 aliphatic heterocycles. The molecule has 0 saturated carbocycles. The van der Waals surface area contributed by atoms with Gasteiger partial charge in [-0.2, -0.15) is 17.7 Å². The Bertz CT molecular complexity index is 1500. The molecule has 3 nitrogen and oxygen atoms in total. The molecule has 0 fully saturated rings. The van der Waals surface area contributed by atoms with Gasteiger partial charge >= 0.3 is 6.18 Å². The Morgan fingerprint density at radius 3 is 2.16 bits per heavy atom. The second-order valence-corrected chi connectivity index (χ2v) is 8.12. The Labute approximate surface area is 183 Å². The van der Waals surface area contributed by atoms with Crippen LogP contribution in [0.3, 0.4) is 0 Å². The van der Waals surface area contributed by atoms with Gasteiger partial charge in [0.05, 0.1) is 16.5 Å². The second-order valence-electron chi connectivity index (χ2n) is 8.12. The van der Waals surface area contributed by atoms with Gasteiger partial charge in [-0.1, -0.05) is 30.3 Å². The summed E-state index contributed by atoms with van der Waals surface area (Å²) in [5.74, 6) is 0. The number of hydrogen-bond donors (Lipinski definition) is 0. The van der Waals surface area contributed by atoms with E-state index >= 15 is 0 Å². The maximum absolute atomic E-state index is 14.0. The van der Waals surface area contributed by atoms with Gasteiger partial charge in [0.1, 0.15) is 11.2 Å². The van der Waals surface area contributed by atoms with Crippen molar-refractivity contribution in [1.29, 1.82) is 0 Å². The number of aromatic nitrogens is 3. The SMILES string of the molecule is Cc1c(-n2c3ccccc3c[n+]2C)cc(C(F)(F)F)cc1-[n+]1cc2ccccc2cc1C. The smallest absolute Gasteiger partial charge is 0.166 e. The third kappa shape index (κ3) is 3.23. The van der Waals surface area contributed by atoms with Crippen LogP contribution in [0.4, 0.5) is 13.2 Å². The van der Waals surface area contributed by atoms with Crippen LogP contribution in [0.15, 0.2) is 79.1 Å². The van der Waals surface area contributed by atoms with E-state index in [1.54, 1.807) is 0 Å². The van der Waals surface area contributed by atoms with Crippen LogP contribution in [-0.2, 0) is 13.2 Å². The third-order valence-electron chi connectivity index (χ3n) is 5.98. The lowest BCUT2D eigenvalue weighted by atomic mass is 10.0. The van der Waals surface area contributed by atoms with Crippen LogP contribution < -0.4 is 9.25 Å². The molecule has 0 spiro atoms. The molecule has 0 radical (unpaired) electrons. The lowest BCUT2D eigenvalue weighted by Gasteiger charge is -2.14. The minimum atomic E-state index is -4.47. The van der Waals surface area contributed by atoms with E-state index in [1.807, 2.05) is 102 Å². The Morgan fingerprint density at radius 2 is 1.44 bits per heavy atom. The second kappa shape index (κ2) is 7.19. The summed E-state index contributed by atoms with van der Waals surface area (Å²) < 4.78 is 47.5. The number of para-hydroxylation sites is 1. The van der Waals surface area contributed by atoms with Crippen LogP contribution in [0, 0.1) is 13.8 Å². The summed E-state index contributed by atoms with van der Waals surface area (Å²) in [6.45, 7) is 3.79. The van der Waals surface area contributed by atoms with Gasteiger partial charge in [-0.25, -0.2) is 0 Å². The largest absolute Gasteiger partial charge is 0.416 e. The van der Waals surface area contributed by atoms with Crippen LogP contribution >= 0.6 is 0 Å². The monoisotopic (exact) mass is 433 g/mol. The van der Waals surface area contributed by atoms with E-state index in [4.69, 9.17) is 0 Å². The Morgan fingerprint density at radius 1 is 0.781 bits per heavy atom. The van der Waals surface area contributed by atoms with Gasteiger partial charge in [0.25, 0.3) is 0 Å². The van der Waals surface area contributed by atoms with Crippen molar-refractivity contribution in [2.24, 2.45) is 7.05 Å². The number of halogens is 3. The molecule has 3 aromatic carbocycles. The molecule has 0 bridgehead atoms. The zero-order valence-corrected chi connectivity index (χ0v) is 18.0. The summed E-state index contributed by atoms with van der Waals surface area (Å²) in [6, 6.07) is 20.0. The van der Waals surface area contributed by atoms with E-state index in [2.05, 4.69) is 0 Å². The van der Waals surface area contributed by atoms with Crippen molar-refractivity contribution in [1.82, 2.24) is 4.68 Å². The Balaban J connectivity index is 1.86. The fourth-order valence-electron chi connectivity index (χ4n) is 4.39. The lowest BCUT2D eigenvalue weighted by molar-refractivity contribution is -0.742. The molecule has 0 N–H and O–H groups in total. The predicted molar refractivity (Wildman–Crippen MR) is 118 cm³/mol. The van der Waals surface area contributed by atoms with Crippen LogP contribution in [0.5, 0.6) is 0 Å². The molecule has 32 heavy (non-hydrogen) atoms. The fourth-order valence-corrected chi connectivity index (χ4v) is 4.39. The summed E-state index contributed by atoms with van der Waals surface area (Å²) in [7, 11) is 1.84. The number of benzene rings is 3. The highest BCUT2D eigenvalue weighted by Gasteiger charge is 2.35. The molecular weight excluding hydrogens is 411 g/mol. The number of hydrogen-bond acceptors (Lipinski definition) is 0. The molecule has 6 heteroatoms. The maximum Gasteiger partial charge on any atom is 0.416 e. The van der Waals surface area contributed by atoms with E-state index in [1.165, 1.54) is 12.1 Å². The van der Waals surface area contributed by atoms with E-state index in [-0.39, 0.29) is 0 Å². The van der Waals surface area contributed by atoms with Crippen LogP contribution in [0.2, 0.25) is 0 Å². The average Bonchev–Trinajstić information content (AvgIpc) is 3.08. The highest BCUT2D eigenvalue weighted by Crippen LogP contribution is 2.34. The molecule has 5 rings (SSSR count). The minimum Gasteiger partial charge on any atom is -0.166 e. The normalized spacial score (nSPS) is 12.1. The molecule has 0 amide bonds. The first kappa shape index (κ1) is 20.2. The number of nitrogens with zero attached hydrogens (tertiary/aromatic N) is 3. The quantitative estimate of drug-likeness (QED) is 0.325. The van der Waals surface area contributed by atoms with Crippen molar-refractivity contribution < 1.29 is 22.4 Å². The van der Waals surface area contributed by atoms with E-state index in [0.29, 0.717) is 11.4 Å². The zero-order valence-electron chi connectivity index (χ0n) is 18.0. The topological polar surface area (TPSA) is 12.7 Å². The first-order valence-electron chi connectivity index (χ1n) is 10.3. The summed E-state index contributed by atoms with van der Waals surface area (Å²) in [5, 5.41) is 2.98. The molecule has 160 valence electrons. The maximum atomic E-state index is 14.0. The Kier molecular flexibility index (Phi) is 4.55.